The lowest BCUT2D eigenvalue weighted by Gasteiger charge is -2.20. The number of rotatable bonds is 3. The summed E-state index contributed by atoms with van der Waals surface area (Å²) in [7, 11) is 0. The first-order valence-corrected chi connectivity index (χ1v) is 5.31. The fourth-order valence-electron chi connectivity index (χ4n) is 1.42. The average molecular weight is 227 g/mol. The fraction of sp³-hybridized carbons (Fsp3) is 0.417. The highest BCUT2D eigenvalue weighted by atomic mass is 35.5. The molecule has 2 nitrogen and oxygen atoms in total. The summed E-state index contributed by atoms with van der Waals surface area (Å²) >= 11 is 5.89. The van der Waals surface area contributed by atoms with Crippen LogP contribution < -0.4 is 0 Å². The number of ether oxygens (including phenoxy) is 1. The smallest absolute Gasteiger partial charge is 0.302 e. The summed E-state index contributed by atoms with van der Waals surface area (Å²) in [6, 6.07) is 7.60. The van der Waals surface area contributed by atoms with Gasteiger partial charge in [0.1, 0.15) is 6.10 Å². The number of hydrogen-bond acceptors (Lipinski definition) is 2. The summed E-state index contributed by atoms with van der Waals surface area (Å²) in [5, 5.41) is 0.703. The molecule has 0 fully saturated rings. The number of carbonyl (C=O) groups excluding carboxylic acids is 1. The molecule has 0 spiro atoms. The van der Waals surface area contributed by atoms with Crippen molar-refractivity contribution < 1.29 is 9.53 Å². The fourth-order valence-corrected chi connectivity index (χ4v) is 1.62. The summed E-state index contributed by atoms with van der Waals surface area (Å²) in [6.45, 7) is 5.31. The van der Waals surface area contributed by atoms with Crippen molar-refractivity contribution in [1.29, 1.82) is 0 Å². The molecule has 0 unspecified atom stereocenters. The zero-order valence-electron chi connectivity index (χ0n) is 9.16. The Morgan fingerprint density at radius 3 is 2.60 bits per heavy atom. The van der Waals surface area contributed by atoms with Crippen LogP contribution in [0.2, 0.25) is 5.02 Å². The maximum absolute atomic E-state index is 10.8. The van der Waals surface area contributed by atoms with Crippen LogP contribution in [0.25, 0.3) is 0 Å². The van der Waals surface area contributed by atoms with Gasteiger partial charge in [0.25, 0.3) is 0 Å². The van der Waals surface area contributed by atoms with Gasteiger partial charge >= 0.3 is 5.97 Å². The van der Waals surface area contributed by atoms with Gasteiger partial charge in [-0.15, -0.1) is 0 Å². The lowest BCUT2D eigenvalue weighted by atomic mass is 9.96. The van der Waals surface area contributed by atoms with Crippen molar-refractivity contribution in [3.8, 4) is 0 Å². The van der Waals surface area contributed by atoms with Gasteiger partial charge in [-0.25, -0.2) is 0 Å². The van der Waals surface area contributed by atoms with Crippen LogP contribution in [-0.4, -0.2) is 12.1 Å². The zero-order chi connectivity index (χ0) is 11.4. The maximum Gasteiger partial charge on any atom is 0.302 e. The molecule has 0 saturated carbocycles. The van der Waals surface area contributed by atoms with Gasteiger partial charge in [0.15, 0.2) is 0 Å². The molecule has 0 aliphatic carbocycles. The molecule has 0 saturated heterocycles. The second-order valence-electron chi connectivity index (χ2n) is 3.66. The third kappa shape index (κ3) is 3.56. The largest absolute Gasteiger partial charge is 0.462 e. The molecule has 1 aromatic carbocycles. The Hall–Kier alpha value is -1.02. The van der Waals surface area contributed by atoms with Gasteiger partial charge in [-0.2, -0.15) is 0 Å². The summed E-state index contributed by atoms with van der Waals surface area (Å²) in [6.07, 6.45) is -0.138. The molecule has 0 radical (unpaired) electrons. The molecule has 0 amide bonds. The van der Waals surface area contributed by atoms with E-state index in [0.29, 0.717) is 5.02 Å². The predicted molar refractivity (Wildman–Crippen MR) is 61.1 cm³/mol. The van der Waals surface area contributed by atoms with Crippen LogP contribution in [0.4, 0.5) is 0 Å². The number of carbonyl (C=O) groups is 1. The highest BCUT2D eigenvalue weighted by Crippen LogP contribution is 2.23. The molecule has 0 bridgehead atoms. The Labute approximate surface area is 95.2 Å². The number of esters is 1. The number of hydrogen-bond donors (Lipinski definition) is 0. The van der Waals surface area contributed by atoms with Crippen LogP contribution in [0.3, 0.4) is 0 Å². The van der Waals surface area contributed by atoms with Crippen molar-refractivity contribution in [2.45, 2.75) is 32.8 Å². The Bertz CT molecular complexity index is 349. The van der Waals surface area contributed by atoms with E-state index in [4.69, 9.17) is 16.3 Å². The van der Waals surface area contributed by atoms with Crippen molar-refractivity contribution in [2.24, 2.45) is 0 Å². The third-order valence-corrected chi connectivity index (χ3v) is 2.67. The molecule has 0 aliphatic rings. The molecule has 0 heterocycles. The van der Waals surface area contributed by atoms with E-state index in [1.165, 1.54) is 6.92 Å². The molecule has 0 N–H and O–H groups in total. The summed E-state index contributed by atoms with van der Waals surface area (Å²) in [5.41, 5.74) is 1.08. The summed E-state index contributed by atoms with van der Waals surface area (Å²) in [5.74, 6) is -0.107. The van der Waals surface area contributed by atoms with Gasteiger partial charge < -0.3 is 4.74 Å². The first-order valence-electron chi connectivity index (χ1n) is 4.93. The predicted octanol–water partition coefficient (Wildman–Crippen LogP) is 3.40. The van der Waals surface area contributed by atoms with Crippen LogP contribution in [0.1, 0.15) is 32.3 Å². The lowest BCUT2D eigenvalue weighted by molar-refractivity contribution is -0.146. The molecule has 15 heavy (non-hydrogen) atoms. The van der Waals surface area contributed by atoms with Crippen LogP contribution in [-0.2, 0) is 9.53 Å². The van der Waals surface area contributed by atoms with Crippen LogP contribution in [0.15, 0.2) is 24.3 Å². The van der Waals surface area contributed by atoms with E-state index >= 15 is 0 Å². The minimum Gasteiger partial charge on any atom is -0.462 e. The van der Waals surface area contributed by atoms with Gasteiger partial charge in [0.05, 0.1) is 0 Å². The Kier molecular flexibility index (Phi) is 4.15. The maximum atomic E-state index is 10.8. The average Bonchev–Trinajstić information content (AvgIpc) is 2.15. The lowest BCUT2D eigenvalue weighted by Crippen LogP contribution is -2.19. The summed E-state index contributed by atoms with van der Waals surface area (Å²) in [4.78, 5) is 10.8. The number of halogens is 1. The molecule has 1 rings (SSSR count). The van der Waals surface area contributed by atoms with Crippen LogP contribution >= 0.6 is 11.6 Å². The summed E-state index contributed by atoms with van der Waals surface area (Å²) < 4.78 is 5.12. The minimum absolute atomic E-state index is 0.138. The van der Waals surface area contributed by atoms with Crippen molar-refractivity contribution in [1.82, 2.24) is 0 Å². The zero-order valence-corrected chi connectivity index (χ0v) is 9.91. The van der Waals surface area contributed by atoms with Gasteiger partial charge in [-0.3, -0.25) is 4.79 Å². The Balaban J connectivity index is 2.75. The van der Waals surface area contributed by atoms with E-state index in [2.05, 4.69) is 0 Å². The molecule has 82 valence electrons. The van der Waals surface area contributed by atoms with E-state index < -0.39 is 0 Å². The van der Waals surface area contributed by atoms with Gasteiger partial charge in [0, 0.05) is 17.9 Å². The molecule has 3 heteroatoms. The first kappa shape index (κ1) is 12.1. The van der Waals surface area contributed by atoms with E-state index in [9.17, 15) is 4.79 Å². The normalized spacial score (nSPS) is 14.4. The Morgan fingerprint density at radius 1 is 1.40 bits per heavy atom. The van der Waals surface area contributed by atoms with Crippen molar-refractivity contribution >= 4 is 17.6 Å². The second kappa shape index (κ2) is 5.17. The van der Waals surface area contributed by atoms with E-state index in [1.807, 2.05) is 38.1 Å². The minimum atomic E-state index is -0.253. The van der Waals surface area contributed by atoms with Crippen LogP contribution in [0.5, 0.6) is 0 Å². The second-order valence-corrected chi connectivity index (χ2v) is 4.09. The molecule has 1 aromatic rings. The van der Waals surface area contributed by atoms with Gasteiger partial charge in [0.2, 0.25) is 0 Å². The SMILES string of the molecule is CC(=O)O[C@@H](C)[C@H](C)c1cccc(Cl)c1. The highest BCUT2D eigenvalue weighted by Gasteiger charge is 2.16. The van der Waals surface area contributed by atoms with Crippen molar-refractivity contribution in [3.63, 3.8) is 0 Å². The third-order valence-electron chi connectivity index (χ3n) is 2.43. The monoisotopic (exact) mass is 226 g/mol. The van der Waals surface area contributed by atoms with E-state index in [0.717, 1.165) is 5.56 Å². The molecule has 0 aromatic heterocycles. The quantitative estimate of drug-likeness (QED) is 0.739. The topological polar surface area (TPSA) is 26.3 Å². The van der Waals surface area contributed by atoms with Crippen molar-refractivity contribution in [2.75, 3.05) is 0 Å². The number of benzene rings is 1. The molecular formula is C12H15ClO2. The van der Waals surface area contributed by atoms with Gasteiger partial charge in [-0.1, -0.05) is 30.7 Å². The molecule has 0 aliphatic heterocycles. The van der Waals surface area contributed by atoms with E-state index in [-0.39, 0.29) is 18.0 Å². The van der Waals surface area contributed by atoms with E-state index in [1.54, 1.807) is 0 Å². The first-order chi connectivity index (χ1) is 7.00. The van der Waals surface area contributed by atoms with Crippen LogP contribution in [0, 0.1) is 0 Å². The Morgan fingerprint density at radius 2 is 2.07 bits per heavy atom. The van der Waals surface area contributed by atoms with Gasteiger partial charge in [-0.05, 0) is 24.6 Å². The van der Waals surface area contributed by atoms with Crippen molar-refractivity contribution in [3.05, 3.63) is 34.9 Å². The standard InChI is InChI=1S/C12H15ClO2/c1-8(9(2)15-10(3)14)11-5-4-6-12(13)7-11/h4-9H,1-3H3/t8-,9-/m0/s1. The molecule has 2 atom stereocenters. The highest BCUT2D eigenvalue weighted by molar-refractivity contribution is 6.30. The molecular weight excluding hydrogens is 212 g/mol.